The lowest BCUT2D eigenvalue weighted by Gasteiger charge is -2.35. The highest BCUT2D eigenvalue weighted by Gasteiger charge is 2.23. The zero-order valence-electron chi connectivity index (χ0n) is 16.6. The molecule has 6 heteroatoms. The summed E-state index contributed by atoms with van der Waals surface area (Å²) in [5.74, 6) is 0.0666. The summed E-state index contributed by atoms with van der Waals surface area (Å²) in [5, 5.41) is 0. The summed E-state index contributed by atoms with van der Waals surface area (Å²) in [4.78, 5) is 30.6. The van der Waals surface area contributed by atoms with E-state index in [1.807, 2.05) is 15.9 Å². The van der Waals surface area contributed by atoms with E-state index in [1.54, 1.807) is 12.1 Å². The predicted molar refractivity (Wildman–Crippen MR) is 105 cm³/mol. The predicted octanol–water partition coefficient (Wildman–Crippen LogP) is 2.55. The molecule has 150 valence electrons. The quantitative estimate of drug-likeness (QED) is 0.664. The van der Waals surface area contributed by atoms with E-state index in [9.17, 15) is 14.0 Å². The lowest BCUT2D eigenvalue weighted by molar-refractivity contribution is -0.139. The SMILES string of the molecule is CCN(CC)CCC(=O)N1CCN(C(=O)CCCc2ccccc2F)CC1. The minimum absolute atomic E-state index is 0.0987. The molecule has 1 saturated heterocycles. The number of benzene rings is 1. The molecule has 1 heterocycles. The zero-order valence-corrected chi connectivity index (χ0v) is 16.6. The standard InChI is InChI=1S/C21H32FN3O2/c1-3-23(4-2)13-12-21(27)25-16-14-24(15-17-25)20(26)11-7-9-18-8-5-6-10-19(18)22/h5-6,8,10H,3-4,7,9,11-17H2,1-2H3. The van der Waals surface area contributed by atoms with Gasteiger partial charge in [0.05, 0.1) is 0 Å². The molecule has 1 fully saturated rings. The van der Waals surface area contributed by atoms with Crippen molar-refractivity contribution in [1.82, 2.24) is 14.7 Å². The maximum absolute atomic E-state index is 13.6. The number of hydrogen-bond acceptors (Lipinski definition) is 3. The van der Waals surface area contributed by atoms with Crippen LogP contribution in [0.3, 0.4) is 0 Å². The molecule has 0 atom stereocenters. The van der Waals surface area contributed by atoms with E-state index < -0.39 is 0 Å². The van der Waals surface area contributed by atoms with Crippen molar-refractivity contribution in [3.8, 4) is 0 Å². The van der Waals surface area contributed by atoms with Crippen LogP contribution in [0.15, 0.2) is 24.3 Å². The number of amides is 2. The van der Waals surface area contributed by atoms with Gasteiger partial charge in [-0.3, -0.25) is 9.59 Å². The van der Waals surface area contributed by atoms with Crippen molar-refractivity contribution in [2.75, 3.05) is 45.8 Å². The molecule has 1 aliphatic rings. The van der Waals surface area contributed by atoms with Crippen LogP contribution in [0.5, 0.6) is 0 Å². The molecule has 0 bridgehead atoms. The fraction of sp³-hybridized carbons (Fsp3) is 0.619. The number of carbonyl (C=O) groups excluding carboxylic acids is 2. The topological polar surface area (TPSA) is 43.9 Å². The lowest BCUT2D eigenvalue weighted by atomic mass is 10.1. The number of halogens is 1. The molecular weight excluding hydrogens is 345 g/mol. The maximum Gasteiger partial charge on any atom is 0.223 e. The van der Waals surface area contributed by atoms with E-state index >= 15 is 0 Å². The number of carbonyl (C=O) groups is 2. The van der Waals surface area contributed by atoms with Crippen molar-refractivity contribution in [3.05, 3.63) is 35.6 Å². The molecule has 0 spiro atoms. The Morgan fingerprint density at radius 3 is 2.07 bits per heavy atom. The fourth-order valence-electron chi connectivity index (χ4n) is 3.45. The van der Waals surface area contributed by atoms with Crippen molar-refractivity contribution in [2.24, 2.45) is 0 Å². The summed E-state index contributed by atoms with van der Waals surface area (Å²) in [5.41, 5.74) is 0.661. The summed E-state index contributed by atoms with van der Waals surface area (Å²) < 4.78 is 13.6. The van der Waals surface area contributed by atoms with Crippen LogP contribution in [0.1, 0.15) is 38.7 Å². The highest BCUT2D eigenvalue weighted by Crippen LogP contribution is 2.12. The van der Waals surface area contributed by atoms with Gasteiger partial charge in [0.2, 0.25) is 11.8 Å². The first-order valence-corrected chi connectivity index (χ1v) is 10.1. The van der Waals surface area contributed by atoms with Crippen LogP contribution in [-0.2, 0) is 16.0 Å². The Kier molecular flexibility index (Phi) is 8.72. The van der Waals surface area contributed by atoms with Gasteiger partial charge in [0.15, 0.2) is 0 Å². The third-order valence-electron chi connectivity index (χ3n) is 5.32. The van der Waals surface area contributed by atoms with E-state index in [-0.39, 0.29) is 17.6 Å². The summed E-state index contributed by atoms with van der Waals surface area (Å²) >= 11 is 0. The van der Waals surface area contributed by atoms with Crippen LogP contribution in [0.4, 0.5) is 4.39 Å². The largest absolute Gasteiger partial charge is 0.339 e. The van der Waals surface area contributed by atoms with E-state index in [0.717, 1.165) is 19.6 Å². The average molecular weight is 378 g/mol. The van der Waals surface area contributed by atoms with Gasteiger partial charge in [-0.25, -0.2) is 4.39 Å². The smallest absolute Gasteiger partial charge is 0.223 e. The van der Waals surface area contributed by atoms with Crippen molar-refractivity contribution in [1.29, 1.82) is 0 Å². The van der Waals surface area contributed by atoms with Crippen LogP contribution < -0.4 is 0 Å². The third kappa shape index (κ3) is 6.61. The Labute approximate surface area is 162 Å². The third-order valence-corrected chi connectivity index (χ3v) is 5.32. The van der Waals surface area contributed by atoms with Gasteiger partial charge < -0.3 is 14.7 Å². The molecule has 0 radical (unpaired) electrons. The number of piperazine rings is 1. The van der Waals surface area contributed by atoms with E-state index in [2.05, 4.69) is 18.7 Å². The number of rotatable bonds is 9. The Bertz CT molecular complexity index is 611. The second kappa shape index (κ2) is 11.0. The molecule has 0 aliphatic carbocycles. The summed E-state index contributed by atoms with van der Waals surface area (Å²) in [6.07, 6.45) is 2.17. The first-order valence-electron chi connectivity index (χ1n) is 10.1. The van der Waals surface area contributed by atoms with Gasteiger partial charge >= 0.3 is 0 Å². The molecule has 27 heavy (non-hydrogen) atoms. The Hall–Kier alpha value is -1.95. The number of nitrogens with zero attached hydrogens (tertiary/aromatic N) is 3. The first kappa shape index (κ1) is 21.4. The second-order valence-electron chi connectivity index (χ2n) is 6.98. The van der Waals surface area contributed by atoms with Gasteiger partial charge in [0, 0.05) is 45.6 Å². The minimum atomic E-state index is -0.207. The Balaban J connectivity index is 1.68. The van der Waals surface area contributed by atoms with Gasteiger partial charge in [0.1, 0.15) is 5.82 Å². The van der Waals surface area contributed by atoms with Crippen molar-refractivity contribution in [2.45, 2.75) is 39.5 Å². The fourth-order valence-corrected chi connectivity index (χ4v) is 3.45. The Morgan fingerprint density at radius 1 is 0.963 bits per heavy atom. The second-order valence-corrected chi connectivity index (χ2v) is 6.98. The van der Waals surface area contributed by atoms with Gasteiger partial charge in [0.25, 0.3) is 0 Å². The molecule has 1 aliphatic heterocycles. The van der Waals surface area contributed by atoms with Crippen LogP contribution in [0.2, 0.25) is 0 Å². The molecule has 1 aromatic rings. The van der Waals surface area contributed by atoms with Crippen LogP contribution in [-0.4, -0.2) is 72.3 Å². The molecule has 1 aromatic carbocycles. The van der Waals surface area contributed by atoms with Gasteiger partial charge in [-0.1, -0.05) is 32.0 Å². The van der Waals surface area contributed by atoms with Crippen LogP contribution in [0, 0.1) is 5.82 Å². The summed E-state index contributed by atoms with van der Waals surface area (Å²) in [6.45, 7) is 9.31. The highest BCUT2D eigenvalue weighted by atomic mass is 19.1. The van der Waals surface area contributed by atoms with Gasteiger partial charge in [-0.15, -0.1) is 0 Å². The number of aryl methyl sites for hydroxylation is 1. The molecule has 0 N–H and O–H groups in total. The molecule has 0 unspecified atom stereocenters. The lowest BCUT2D eigenvalue weighted by Crippen LogP contribution is -2.51. The molecule has 5 nitrogen and oxygen atoms in total. The summed E-state index contributed by atoms with van der Waals surface area (Å²) in [7, 11) is 0. The first-order chi connectivity index (χ1) is 13.0. The molecule has 2 amide bonds. The van der Waals surface area contributed by atoms with Crippen LogP contribution in [0.25, 0.3) is 0 Å². The van der Waals surface area contributed by atoms with Crippen LogP contribution >= 0.6 is 0 Å². The van der Waals surface area contributed by atoms with Gasteiger partial charge in [-0.2, -0.15) is 0 Å². The van der Waals surface area contributed by atoms with E-state index in [1.165, 1.54) is 6.07 Å². The summed E-state index contributed by atoms with van der Waals surface area (Å²) in [6, 6.07) is 6.71. The molecule has 0 saturated carbocycles. The van der Waals surface area contributed by atoms with E-state index in [4.69, 9.17) is 0 Å². The monoisotopic (exact) mass is 377 g/mol. The maximum atomic E-state index is 13.6. The van der Waals surface area contributed by atoms with Crippen molar-refractivity contribution < 1.29 is 14.0 Å². The Morgan fingerprint density at radius 2 is 1.52 bits per heavy atom. The van der Waals surface area contributed by atoms with Crippen molar-refractivity contribution >= 4 is 11.8 Å². The average Bonchev–Trinajstić information content (AvgIpc) is 2.70. The normalized spacial score (nSPS) is 14.7. The molecule has 0 aromatic heterocycles. The van der Waals surface area contributed by atoms with Crippen molar-refractivity contribution in [3.63, 3.8) is 0 Å². The minimum Gasteiger partial charge on any atom is -0.339 e. The van der Waals surface area contributed by atoms with E-state index in [0.29, 0.717) is 57.4 Å². The highest BCUT2D eigenvalue weighted by molar-refractivity contribution is 5.78. The number of hydrogen-bond donors (Lipinski definition) is 0. The molecule has 2 rings (SSSR count). The van der Waals surface area contributed by atoms with Gasteiger partial charge in [-0.05, 0) is 37.6 Å². The zero-order chi connectivity index (χ0) is 19.6. The molecular formula is C21H32FN3O2.